The van der Waals surface area contributed by atoms with Crippen molar-refractivity contribution in [2.45, 2.75) is 19.4 Å². The van der Waals surface area contributed by atoms with E-state index in [2.05, 4.69) is 10.6 Å². The summed E-state index contributed by atoms with van der Waals surface area (Å²) in [5.74, 6) is -0.441. The van der Waals surface area contributed by atoms with Gasteiger partial charge in [-0.15, -0.1) is 0 Å². The summed E-state index contributed by atoms with van der Waals surface area (Å²) in [5.41, 5.74) is 1.54. The van der Waals surface area contributed by atoms with Crippen LogP contribution in [0.4, 0.5) is 10.1 Å². The molecular formula is C21H23ClFN3O2. The summed E-state index contributed by atoms with van der Waals surface area (Å²) in [7, 11) is 0. The molecule has 0 saturated carbocycles. The number of benzene rings is 2. The van der Waals surface area contributed by atoms with Gasteiger partial charge in [-0.25, -0.2) is 4.39 Å². The van der Waals surface area contributed by atoms with E-state index in [4.69, 9.17) is 11.6 Å². The lowest BCUT2D eigenvalue weighted by Crippen LogP contribution is -2.43. The van der Waals surface area contributed by atoms with Crippen molar-refractivity contribution in [1.82, 2.24) is 10.2 Å². The summed E-state index contributed by atoms with van der Waals surface area (Å²) >= 11 is 5.92. The topological polar surface area (TPSA) is 61.4 Å². The molecule has 1 heterocycles. The first-order chi connectivity index (χ1) is 13.5. The monoisotopic (exact) mass is 403 g/mol. The molecule has 1 aliphatic heterocycles. The van der Waals surface area contributed by atoms with E-state index >= 15 is 0 Å². The predicted molar refractivity (Wildman–Crippen MR) is 107 cm³/mol. The van der Waals surface area contributed by atoms with E-state index in [9.17, 15) is 14.0 Å². The highest BCUT2D eigenvalue weighted by Gasteiger charge is 2.25. The first kappa shape index (κ1) is 20.3. The number of hydrogen-bond donors (Lipinski definition) is 2. The van der Waals surface area contributed by atoms with Crippen LogP contribution in [-0.4, -0.2) is 36.3 Å². The van der Waals surface area contributed by atoms with Crippen LogP contribution in [0.5, 0.6) is 0 Å². The minimum atomic E-state index is -0.290. The molecule has 0 aromatic heterocycles. The third-order valence-electron chi connectivity index (χ3n) is 4.81. The van der Waals surface area contributed by atoms with Crippen molar-refractivity contribution in [3.63, 3.8) is 0 Å². The lowest BCUT2D eigenvalue weighted by atomic mass is 9.96. The standard InChI is InChI=1S/C21H23ClFN3O2/c22-17-2-1-3-19(12-17)25-20(27)14-26-10-8-16(9-11-26)21(28)24-13-15-4-6-18(23)7-5-15/h1-7,12,16H,8-11,13-14H2,(H,24,28)(H,25,27). The summed E-state index contributed by atoms with van der Waals surface area (Å²) in [4.78, 5) is 26.6. The normalized spacial score (nSPS) is 15.2. The molecule has 148 valence electrons. The van der Waals surface area contributed by atoms with Crippen molar-refractivity contribution >= 4 is 29.1 Å². The third-order valence-corrected chi connectivity index (χ3v) is 5.05. The minimum absolute atomic E-state index is 0.00681. The predicted octanol–water partition coefficient (Wildman–Crippen LogP) is 3.45. The van der Waals surface area contributed by atoms with Gasteiger partial charge < -0.3 is 10.6 Å². The number of piperidine rings is 1. The highest BCUT2D eigenvalue weighted by molar-refractivity contribution is 6.30. The Morgan fingerprint density at radius 2 is 1.82 bits per heavy atom. The van der Waals surface area contributed by atoms with E-state index in [0.717, 1.165) is 5.56 Å². The van der Waals surface area contributed by atoms with Crippen molar-refractivity contribution in [2.24, 2.45) is 5.92 Å². The molecule has 0 atom stereocenters. The fourth-order valence-corrected chi connectivity index (χ4v) is 3.45. The molecule has 2 amide bonds. The third kappa shape index (κ3) is 6.04. The largest absolute Gasteiger partial charge is 0.352 e. The van der Waals surface area contributed by atoms with Gasteiger partial charge in [-0.05, 0) is 61.8 Å². The number of amides is 2. The van der Waals surface area contributed by atoms with Crippen LogP contribution < -0.4 is 10.6 Å². The van der Waals surface area contributed by atoms with Gasteiger partial charge >= 0.3 is 0 Å². The molecule has 2 N–H and O–H groups in total. The lowest BCUT2D eigenvalue weighted by molar-refractivity contribution is -0.126. The number of likely N-dealkylation sites (tertiary alicyclic amines) is 1. The van der Waals surface area contributed by atoms with Crippen molar-refractivity contribution in [3.8, 4) is 0 Å². The van der Waals surface area contributed by atoms with Gasteiger partial charge in [-0.1, -0.05) is 29.8 Å². The van der Waals surface area contributed by atoms with E-state index in [1.807, 2.05) is 4.90 Å². The SMILES string of the molecule is O=C(CN1CCC(C(=O)NCc2ccc(F)cc2)CC1)Nc1cccc(Cl)c1. The summed E-state index contributed by atoms with van der Waals surface area (Å²) < 4.78 is 12.9. The zero-order valence-electron chi connectivity index (χ0n) is 15.5. The Hall–Kier alpha value is -2.44. The first-order valence-electron chi connectivity index (χ1n) is 9.29. The van der Waals surface area contributed by atoms with Gasteiger partial charge in [0.05, 0.1) is 6.54 Å². The Morgan fingerprint density at radius 1 is 1.11 bits per heavy atom. The fraction of sp³-hybridized carbons (Fsp3) is 0.333. The zero-order valence-corrected chi connectivity index (χ0v) is 16.2. The van der Waals surface area contributed by atoms with E-state index < -0.39 is 0 Å². The van der Waals surface area contributed by atoms with Crippen LogP contribution >= 0.6 is 11.6 Å². The molecule has 28 heavy (non-hydrogen) atoms. The first-order valence-corrected chi connectivity index (χ1v) is 9.67. The highest BCUT2D eigenvalue weighted by Crippen LogP contribution is 2.18. The molecule has 3 rings (SSSR count). The Balaban J connectivity index is 1.39. The van der Waals surface area contributed by atoms with Crippen LogP contribution in [0.15, 0.2) is 48.5 Å². The number of carbonyl (C=O) groups is 2. The van der Waals surface area contributed by atoms with Gasteiger partial charge in [0.25, 0.3) is 0 Å². The molecule has 0 unspecified atom stereocenters. The van der Waals surface area contributed by atoms with Gasteiger partial charge in [0.2, 0.25) is 11.8 Å². The van der Waals surface area contributed by atoms with Gasteiger partial charge in [-0.3, -0.25) is 14.5 Å². The molecule has 2 aromatic carbocycles. The Labute approximate surface area is 168 Å². The molecule has 7 heteroatoms. The van der Waals surface area contributed by atoms with Crippen LogP contribution in [0.25, 0.3) is 0 Å². The second-order valence-corrected chi connectivity index (χ2v) is 7.39. The summed E-state index contributed by atoms with van der Waals surface area (Å²) in [6.07, 6.45) is 1.42. The number of carbonyl (C=O) groups excluding carboxylic acids is 2. The van der Waals surface area contributed by atoms with Gasteiger partial charge in [0.1, 0.15) is 5.82 Å². The van der Waals surface area contributed by atoms with Crippen molar-refractivity contribution in [3.05, 3.63) is 64.9 Å². The second-order valence-electron chi connectivity index (χ2n) is 6.95. The van der Waals surface area contributed by atoms with Gasteiger partial charge in [-0.2, -0.15) is 0 Å². The molecule has 0 spiro atoms. The Kier molecular flexibility index (Phi) is 7.01. The minimum Gasteiger partial charge on any atom is -0.352 e. The summed E-state index contributed by atoms with van der Waals surface area (Å²) in [6, 6.07) is 13.1. The molecule has 0 bridgehead atoms. The van der Waals surface area contributed by atoms with E-state index in [1.54, 1.807) is 36.4 Å². The summed E-state index contributed by atoms with van der Waals surface area (Å²) in [6.45, 7) is 2.06. The van der Waals surface area contributed by atoms with Gasteiger partial charge in [0, 0.05) is 23.2 Å². The van der Waals surface area contributed by atoms with Crippen LogP contribution in [0.2, 0.25) is 5.02 Å². The van der Waals surface area contributed by atoms with E-state index in [0.29, 0.717) is 43.2 Å². The van der Waals surface area contributed by atoms with Gasteiger partial charge in [0.15, 0.2) is 0 Å². The van der Waals surface area contributed by atoms with Crippen LogP contribution in [0.3, 0.4) is 0 Å². The maximum Gasteiger partial charge on any atom is 0.238 e. The number of nitrogens with one attached hydrogen (secondary N) is 2. The zero-order chi connectivity index (χ0) is 19.9. The van der Waals surface area contributed by atoms with Crippen LogP contribution in [0, 0.1) is 11.7 Å². The lowest BCUT2D eigenvalue weighted by Gasteiger charge is -2.30. The quantitative estimate of drug-likeness (QED) is 0.776. The molecule has 0 radical (unpaired) electrons. The van der Waals surface area contributed by atoms with Crippen molar-refractivity contribution in [2.75, 3.05) is 25.0 Å². The average molecular weight is 404 g/mol. The van der Waals surface area contributed by atoms with Crippen LogP contribution in [-0.2, 0) is 16.1 Å². The molecule has 1 aliphatic rings. The number of halogens is 2. The molecule has 5 nitrogen and oxygen atoms in total. The van der Waals surface area contributed by atoms with E-state index in [1.165, 1.54) is 12.1 Å². The molecule has 0 aliphatic carbocycles. The van der Waals surface area contributed by atoms with Crippen molar-refractivity contribution < 1.29 is 14.0 Å². The number of rotatable bonds is 6. The molecule has 1 fully saturated rings. The Morgan fingerprint density at radius 3 is 2.50 bits per heavy atom. The van der Waals surface area contributed by atoms with E-state index in [-0.39, 0.29) is 30.1 Å². The number of nitrogens with zero attached hydrogens (tertiary/aromatic N) is 1. The smallest absolute Gasteiger partial charge is 0.238 e. The Bertz CT molecular complexity index is 821. The number of hydrogen-bond acceptors (Lipinski definition) is 3. The molecule has 1 saturated heterocycles. The van der Waals surface area contributed by atoms with Crippen LogP contribution in [0.1, 0.15) is 18.4 Å². The summed E-state index contributed by atoms with van der Waals surface area (Å²) in [5, 5.41) is 6.32. The van der Waals surface area contributed by atoms with Crippen molar-refractivity contribution in [1.29, 1.82) is 0 Å². The molecule has 2 aromatic rings. The number of anilines is 1. The maximum atomic E-state index is 12.9. The molecular weight excluding hydrogens is 381 g/mol. The average Bonchev–Trinajstić information content (AvgIpc) is 2.68. The maximum absolute atomic E-state index is 12.9. The second kappa shape index (κ2) is 9.66. The highest BCUT2D eigenvalue weighted by atomic mass is 35.5. The fourth-order valence-electron chi connectivity index (χ4n) is 3.26.